The lowest BCUT2D eigenvalue weighted by molar-refractivity contribution is 0.101. The molecule has 0 aliphatic carbocycles. The van der Waals surface area contributed by atoms with Gasteiger partial charge in [-0.1, -0.05) is 36.4 Å². The lowest BCUT2D eigenvalue weighted by Crippen LogP contribution is -2.15. The summed E-state index contributed by atoms with van der Waals surface area (Å²) in [4.78, 5) is 22.0. The molecule has 3 N–H and O–H groups in total. The van der Waals surface area contributed by atoms with E-state index in [0.29, 0.717) is 28.6 Å². The third-order valence-electron chi connectivity index (χ3n) is 6.99. The van der Waals surface area contributed by atoms with E-state index in [1.165, 1.54) is 6.07 Å². The molecule has 4 aromatic heterocycles. The van der Waals surface area contributed by atoms with E-state index in [0.717, 1.165) is 40.2 Å². The van der Waals surface area contributed by atoms with Crippen molar-refractivity contribution in [1.82, 2.24) is 29.8 Å². The summed E-state index contributed by atoms with van der Waals surface area (Å²) >= 11 is 0. The number of halogens is 2. The van der Waals surface area contributed by atoms with Crippen LogP contribution in [0.15, 0.2) is 116 Å². The summed E-state index contributed by atoms with van der Waals surface area (Å²) in [5.74, 6) is -2.38. The van der Waals surface area contributed by atoms with Gasteiger partial charge >= 0.3 is 0 Å². The van der Waals surface area contributed by atoms with Crippen molar-refractivity contribution in [3.63, 3.8) is 0 Å². The van der Waals surface area contributed by atoms with Gasteiger partial charge in [0.25, 0.3) is 5.91 Å². The van der Waals surface area contributed by atoms with Gasteiger partial charge in [0.1, 0.15) is 22.9 Å². The van der Waals surface area contributed by atoms with Crippen LogP contribution >= 0.6 is 0 Å². The number of anilines is 3. The number of hydrogen-bond acceptors (Lipinski definition) is 6. The molecule has 0 saturated carbocycles. The van der Waals surface area contributed by atoms with E-state index in [-0.39, 0.29) is 0 Å². The molecule has 0 radical (unpaired) electrons. The van der Waals surface area contributed by atoms with E-state index >= 15 is 0 Å². The molecule has 3 aromatic carbocycles. The number of aromatic nitrogens is 6. The standard InChI is InChI=1S/C33H22F2N8O/c34-24-7-4-8-25(35)29(24)32(44)38-23-6-3-5-21(19-23)31-30(28-9-1-2-18-43(28)42-31)27-14-16-36-33(40-27)39-22-12-10-20(11-13-22)26-15-17-37-41-26/h1-19H,(H,37,41)(H,38,44)(H,36,39,40). The van der Waals surface area contributed by atoms with Gasteiger partial charge in [-0.3, -0.25) is 9.89 Å². The van der Waals surface area contributed by atoms with Crippen molar-refractivity contribution in [1.29, 1.82) is 0 Å². The van der Waals surface area contributed by atoms with Crippen molar-refractivity contribution in [2.45, 2.75) is 0 Å². The van der Waals surface area contributed by atoms with Crippen LogP contribution in [0.2, 0.25) is 0 Å². The molecule has 0 aliphatic heterocycles. The van der Waals surface area contributed by atoms with Gasteiger partial charge in [0, 0.05) is 35.5 Å². The molecule has 0 spiro atoms. The molecule has 0 fully saturated rings. The second-order valence-corrected chi connectivity index (χ2v) is 9.82. The number of benzene rings is 3. The van der Waals surface area contributed by atoms with Crippen LogP contribution in [0.1, 0.15) is 10.4 Å². The second kappa shape index (κ2) is 11.2. The summed E-state index contributed by atoms with van der Waals surface area (Å²) in [6.07, 6.45) is 5.20. The summed E-state index contributed by atoms with van der Waals surface area (Å²) in [5, 5.41) is 17.6. The topological polar surface area (TPSA) is 113 Å². The van der Waals surface area contributed by atoms with E-state index < -0.39 is 23.1 Å². The van der Waals surface area contributed by atoms with Crippen molar-refractivity contribution >= 4 is 28.7 Å². The first kappa shape index (κ1) is 26.7. The predicted octanol–water partition coefficient (Wildman–Crippen LogP) is 7.12. The average Bonchev–Trinajstić information content (AvgIpc) is 3.71. The number of pyridine rings is 1. The number of aromatic amines is 1. The predicted molar refractivity (Wildman–Crippen MR) is 163 cm³/mol. The number of amides is 1. The summed E-state index contributed by atoms with van der Waals surface area (Å²) in [6.45, 7) is 0. The fourth-order valence-electron chi connectivity index (χ4n) is 4.94. The highest BCUT2D eigenvalue weighted by Crippen LogP contribution is 2.35. The maximum atomic E-state index is 14.2. The van der Waals surface area contributed by atoms with Crippen LogP contribution in [0.4, 0.5) is 26.1 Å². The maximum absolute atomic E-state index is 14.2. The van der Waals surface area contributed by atoms with E-state index in [1.54, 1.807) is 41.2 Å². The minimum absolute atomic E-state index is 0.349. The normalized spacial score (nSPS) is 11.0. The number of nitrogens with zero attached hydrogens (tertiary/aromatic N) is 5. The number of fused-ring (bicyclic) bond motifs is 1. The van der Waals surface area contributed by atoms with Crippen LogP contribution < -0.4 is 10.6 Å². The van der Waals surface area contributed by atoms with Crippen molar-refractivity contribution in [3.05, 3.63) is 133 Å². The average molecular weight is 585 g/mol. The monoisotopic (exact) mass is 584 g/mol. The van der Waals surface area contributed by atoms with Crippen LogP contribution in [-0.2, 0) is 0 Å². The van der Waals surface area contributed by atoms with Crippen molar-refractivity contribution in [3.8, 4) is 33.8 Å². The molecule has 9 nitrogen and oxygen atoms in total. The molecular formula is C33H22F2N8O. The third-order valence-corrected chi connectivity index (χ3v) is 6.99. The zero-order chi connectivity index (χ0) is 30.0. The molecule has 1 amide bonds. The van der Waals surface area contributed by atoms with Crippen LogP contribution in [0.25, 0.3) is 39.3 Å². The molecular weight excluding hydrogens is 562 g/mol. The Balaban J connectivity index is 1.22. The van der Waals surface area contributed by atoms with Crippen LogP contribution in [0.3, 0.4) is 0 Å². The number of hydrogen-bond donors (Lipinski definition) is 3. The molecule has 0 bridgehead atoms. The summed E-state index contributed by atoms with van der Waals surface area (Å²) in [5.41, 5.74) is 5.85. The molecule has 7 rings (SSSR count). The minimum Gasteiger partial charge on any atom is -0.324 e. The van der Waals surface area contributed by atoms with E-state index in [9.17, 15) is 13.6 Å². The largest absolute Gasteiger partial charge is 0.324 e. The summed E-state index contributed by atoms with van der Waals surface area (Å²) in [7, 11) is 0. The van der Waals surface area contributed by atoms with Crippen LogP contribution in [-0.4, -0.2) is 35.7 Å². The zero-order valence-electron chi connectivity index (χ0n) is 22.9. The Morgan fingerprint density at radius 3 is 2.41 bits per heavy atom. The SMILES string of the molecule is O=C(Nc1cccc(-c2nn3ccccc3c2-c2ccnc(Nc3ccc(-c4ccn[nH]4)cc3)n2)c1)c1c(F)cccc1F. The lowest BCUT2D eigenvalue weighted by atomic mass is 10.0. The third kappa shape index (κ3) is 5.13. The number of carbonyl (C=O) groups is 1. The zero-order valence-corrected chi connectivity index (χ0v) is 22.9. The van der Waals surface area contributed by atoms with Gasteiger partial charge in [-0.2, -0.15) is 10.2 Å². The Labute approximate surface area is 249 Å². The van der Waals surface area contributed by atoms with Crippen molar-refractivity contribution < 1.29 is 13.6 Å². The Kier molecular flexibility index (Phi) is 6.79. The van der Waals surface area contributed by atoms with Gasteiger partial charge in [0.15, 0.2) is 0 Å². The number of rotatable bonds is 7. The molecule has 0 aliphatic rings. The molecule has 7 aromatic rings. The Morgan fingerprint density at radius 1 is 0.795 bits per heavy atom. The van der Waals surface area contributed by atoms with Crippen molar-refractivity contribution in [2.24, 2.45) is 0 Å². The molecule has 0 unspecified atom stereocenters. The van der Waals surface area contributed by atoms with E-state index in [2.05, 4.69) is 25.8 Å². The van der Waals surface area contributed by atoms with Gasteiger partial charge in [0.05, 0.1) is 22.5 Å². The maximum Gasteiger partial charge on any atom is 0.261 e. The molecule has 0 atom stereocenters. The highest BCUT2D eigenvalue weighted by Gasteiger charge is 2.20. The van der Waals surface area contributed by atoms with Gasteiger partial charge in [-0.05, 0) is 66.2 Å². The van der Waals surface area contributed by atoms with Crippen molar-refractivity contribution in [2.75, 3.05) is 10.6 Å². The van der Waals surface area contributed by atoms with Gasteiger partial charge in [0.2, 0.25) is 5.95 Å². The quantitative estimate of drug-likeness (QED) is 0.184. The fraction of sp³-hybridized carbons (Fsp3) is 0. The molecule has 214 valence electrons. The molecule has 4 heterocycles. The Morgan fingerprint density at radius 2 is 1.61 bits per heavy atom. The van der Waals surface area contributed by atoms with Gasteiger partial charge in [-0.25, -0.2) is 23.3 Å². The highest BCUT2D eigenvalue weighted by atomic mass is 19.1. The first-order valence-corrected chi connectivity index (χ1v) is 13.6. The minimum atomic E-state index is -0.941. The summed E-state index contributed by atoms with van der Waals surface area (Å²) < 4.78 is 30.2. The van der Waals surface area contributed by atoms with Crippen LogP contribution in [0.5, 0.6) is 0 Å². The number of nitrogens with one attached hydrogen (secondary N) is 3. The molecule has 44 heavy (non-hydrogen) atoms. The second-order valence-electron chi connectivity index (χ2n) is 9.82. The molecule has 0 saturated heterocycles. The number of H-pyrrole nitrogens is 1. The Hall–Kier alpha value is -6.23. The lowest BCUT2D eigenvalue weighted by Gasteiger charge is -2.10. The number of carbonyl (C=O) groups excluding carboxylic acids is 1. The molecule has 11 heteroatoms. The first-order chi connectivity index (χ1) is 21.5. The van der Waals surface area contributed by atoms with Crippen LogP contribution in [0, 0.1) is 11.6 Å². The van der Waals surface area contributed by atoms with E-state index in [4.69, 9.17) is 10.1 Å². The highest BCUT2D eigenvalue weighted by molar-refractivity contribution is 6.05. The van der Waals surface area contributed by atoms with Gasteiger partial charge < -0.3 is 10.6 Å². The van der Waals surface area contributed by atoms with E-state index in [1.807, 2.05) is 60.8 Å². The summed E-state index contributed by atoms with van der Waals surface area (Å²) in [6, 6.07) is 27.4. The van der Waals surface area contributed by atoms with Gasteiger partial charge in [-0.15, -0.1) is 0 Å². The Bertz CT molecular complexity index is 2100. The first-order valence-electron chi connectivity index (χ1n) is 13.6. The smallest absolute Gasteiger partial charge is 0.261 e. The fourth-order valence-corrected chi connectivity index (χ4v) is 4.94.